The Balaban J connectivity index is 2.35. The van der Waals surface area contributed by atoms with Crippen molar-refractivity contribution in [3.8, 4) is 5.75 Å². The number of phenols is 1. The van der Waals surface area contributed by atoms with Gasteiger partial charge in [-0.3, -0.25) is 4.79 Å². The van der Waals surface area contributed by atoms with Crippen LogP contribution in [0.3, 0.4) is 0 Å². The van der Waals surface area contributed by atoms with Gasteiger partial charge in [-0.2, -0.15) is 0 Å². The summed E-state index contributed by atoms with van der Waals surface area (Å²) in [4.78, 5) is 13.5. The van der Waals surface area contributed by atoms with Crippen LogP contribution in [0.1, 0.15) is 25.1 Å². The average molecular weight is 387 g/mol. The third kappa shape index (κ3) is 5.05. The van der Waals surface area contributed by atoms with Crippen molar-refractivity contribution in [1.82, 2.24) is 9.47 Å². The van der Waals surface area contributed by atoms with Gasteiger partial charge < -0.3 is 19.7 Å². The summed E-state index contributed by atoms with van der Waals surface area (Å²) in [6.07, 6.45) is 6.92. The van der Waals surface area contributed by atoms with Gasteiger partial charge in [0.05, 0.1) is 5.69 Å². The highest BCUT2D eigenvalue weighted by Crippen LogP contribution is 2.29. The Labute approximate surface area is 165 Å². The van der Waals surface area contributed by atoms with Crippen molar-refractivity contribution in [1.29, 1.82) is 0 Å². The molecule has 0 atom stereocenters. The molecule has 1 aromatic carbocycles. The molecule has 0 bridgehead atoms. The van der Waals surface area contributed by atoms with Crippen molar-refractivity contribution >= 4 is 34.5 Å². The van der Waals surface area contributed by atoms with Gasteiger partial charge in [0.25, 0.3) is 0 Å². The lowest BCUT2D eigenvalue weighted by Crippen LogP contribution is -2.23. The van der Waals surface area contributed by atoms with Gasteiger partial charge in [0.1, 0.15) is 12.3 Å². The van der Waals surface area contributed by atoms with Crippen molar-refractivity contribution in [2.45, 2.75) is 26.8 Å². The Hall–Kier alpha value is -2.44. The van der Waals surface area contributed by atoms with E-state index in [1.54, 1.807) is 22.8 Å². The maximum absolute atomic E-state index is 11.3. The van der Waals surface area contributed by atoms with Gasteiger partial charge in [0, 0.05) is 29.4 Å². The fourth-order valence-corrected chi connectivity index (χ4v) is 3.55. The quantitative estimate of drug-likeness (QED) is 0.507. The summed E-state index contributed by atoms with van der Waals surface area (Å²) in [5.74, 6) is -0.768. The molecule has 6 heteroatoms. The van der Waals surface area contributed by atoms with Crippen LogP contribution in [-0.2, 0) is 17.8 Å². The number of carboxylic acid groups (broad SMARTS) is 1. The molecule has 5 nitrogen and oxygen atoms in total. The summed E-state index contributed by atoms with van der Waals surface area (Å²) in [7, 11) is 2.05. The second kappa shape index (κ2) is 9.48. The van der Waals surface area contributed by atoms with E-state index in [-0.39, 0.29) is 12.3 Å². The minimum absolute atomic E-state index is 0.157. The lowest BCUT2D eigenvalue weighted by Gasteiger charge is -2.17. The maximum atomic E-state index is 11.3. The zero-order chi connectivity index (χ0) is 20.0. The number of aromatic nitrogens is 1. The fourth-order valence-electron chi connectivity index (χ4n) is 3.28. The third-order valence-corrected chi connectivity index (χ3v) is 4.77. The van der Waals surface area contributed by atoms with Crippen LogP contribution in [0.5, 0.6) is 5.75 Å². The molecule has 0 unspecified atom stereocenters. The number of phenolic OH excluding ortho intramolecular Hbond substituents is 1. The lowest BCUT2D eigenvalue weighted by molar-refractivity contribution is -0.137. The van der Waals surface area contributed by atoms with Gasteiger partial charge in [-0.25, -0.2) is 0 Å². The number of hydrogen-bond donors (Lipinski definition) is 2. The molecule has 0 aliphatic heterocycles. The SMILES string of the molecule is C/C=C\C(=C/C)CN(C)CCc1c(C=S)n(CC(=O)O)c2ccc(O)cc12. The van der Waals surface area contributed by atoms with Crippen LogP contribution in [0.25, 0.3) is 10.9 Å². The van der Waals surface area contributed by atoms with E-state index in [1.165, 1.54) is 10.9 Å². The molecule has 0 saturated heterocycles. The van der Waals surface area contributed by atoms with Crippen molar-refractivity contribution in [2.24, 2.45) is 0 Å². The summed E-state index contributed by atoms with van der Waals surface area (Å²) in [6, 6.07) is 4.99. The molecule has 0 saturated carbocycles. The van der Waals surface area contributed by atoms with Gasteiger partial charge in [-0.15, -0.1) is 0 Å². The number of rotatable bonds is 9. The second-order valence-corrected chi connectivity index (χ2v) is 6.75. The number of aliphatic carboxylic acids is 1. The molecule has 2 N–H and O–H groups in total. The molecular formula is C21H26N2O3S. The van der Waals surface area contributed by atoms with E-state index in [4.69, 9.17) is 12.2 Å². The third-order valence-electron chi connectivity index (χ3n) is 4.55. The van der Waals surface area contributed by atoms with Crippen molar-refractivity contribution in [3.63, 3.8) is 0 Å². The van der Waals surface area contributed by atoms with Crippen LogP contribution in [0.15, 0.2) is 42.0 Å². The monoisotopic (exact) mass is 386 g/mol. The highest BCUT2D eigenvalue weighted by molar-refractivity contribution is 7.79. The largest absolute Gasteiger partial charge is 0.508 e. The molecule has 1 aromatic heterocycles. The first-order valence-corrected chi connectivity index (χ1v) is 9.35. The molecule has 144 valence electrons. The molecule has 0 spiro atoms. The van der Waals surface area contributed by atoms with E-state index in [0.717, 1.165) is 35.2 Å². The van der Waals surface area contributed by atoms with Gasteiger partial charge in [0.2, 0.25) is 0 Å². The van der Waals surface area contributed by atoms with E-state index in [9.17, 15) is 15.0 Å². The van der Waals surface area contributed by atoms with Crippen molar-refractivity contribution < 1.29 is 15.0 Å². The minimum atomic E-state index is -0.925. The molecule has 0 aliphatic rings. The average Bonchev–Trinajstić information content (AvgIpc) is 2.90. The first-order chi connectivity index (χ1) is 12.9. The number of fused-ring (bicyclic) bond motifs is 1. The number of carboxylic acids is 1. The number of thiocarbonyl (C=S) groups is 1. The zero-order valence-electron chi connectivity index (χ0n) is 16.0. The van der Waals surface area contributed by atoms with Crippen LogP contribution >= 0.6 is 12.2 Å². The molecule has 2 rings (SSSR count). The predicted molar refractivity (Wildman–Crippen MR) is 114 cm³/mol. The maximum Gasteiger partial charge on any atom is 0.323 e. The van der Waals surface area contributed by atoms with Crippen molar-refractivity contribution in [2.75, 3.05) is 20.1 Å². The summed E-state index contributed by atoms with van der Waals surface area (Å²) in [5, 5.41) is 21.6. The molecular weight excluding hydrogens is 360 g/mol. The number of carbonyl (C=O) groups is 1. The Morgan fingerprint density at radius 1 is 1.33 bits per heavy atom. The zero-order valence-corrected chi connectivity index (χ0v) is 16.8. The second-order valence-electron chi connectivity index (χ2n) is 6.51. The van der Waals surface area contributed by atoms with Crippen LogP contribution in [0, 0.1) is 0 Å². The number of nitrogens with zero attached hydrogens (tertiary/aromatic N) is 2. The molecule has 0 amide bonds. The van der Waals surface area contributed by atoms with Crippen LogP contribution in [-0.4, -0.2) is 51.2 Å². The number of hydrogen-bond acceptors (Lipinski definition) is 4. The fraction of sp³-hybridized carbons (Fsp3) is 0.333. The Morgan fingerprint density at radius 2 is 2.07 bits per heavy atom. The summed E-state index contributed by atoms with van der Waals surface area (Å²) < 4.78 is 1.70. The van der Waals surface area contributed by atoms with E-state index < -0.39 is 5.97 Å². The van der Waals surface area contributed by atoms with Crippen LogP contribution < -0.4 is 0 Å². The highest BCUT2D eigenvalue weighted by atomic mass is 32.1. The molecule has 27 heavy (non-hydrogen) atoms. The predicted octanol–water partition coefficient (Wildman–Crippen LogP) is 3.78. The first-order valence-electron chi connectivity index (χ1n) is 8.88. The van der Waals surface area contributed by atoms with Crippen LogP contribution in [0.2, 0.25) is 0 Å². The number of allylic oxidation sites excluding steroid dienone is 2. The number of likely N-dealkylation sites (N-methyl/N-ethyl adjacent to an activating group) is 1. The topological polar surface area (TPSA) is 65.7 Å². The van der Waals surface area contributed by atoms with Crippen molar-refractivity contribution in [3.05, 3.63) is 53.3 Å². The van der Waals surface area contributed by atoms with Crippen LogP contribution in [0.4, 0.5) is 0 Å². The molecule has 0 radical (unpaired) electrons. The van der Waals surface area contributed by atoms with E-state index >= 15 is 0 Å². The van der Waals surface area contributed by atoms with E-state index in [2.05, 4.69) is 24.1 Å². The van der Waals surface area contributed by atoms with Gasteiger partial charge >= 0.3 is 5.97 Å². The summed E-state index contributed by atoms with van der Waals surface area (Å²) in [5.41, 5.74) is 3.70. The summed E-state index contributed by atoms with van der Waals surface area (Å²) in [6.45, 7) is 5.47. The van der Waals surface area contributed by atoms with Gasteiger partial charge in [-0.05, 0) is 56.7 Å². The van der Waals surface area contributed by atoms with Gasteiger partial charge in [0.15, 0.2) is 0 Å². The van der Waals surface area contributed by atoms with E-state index in [0.29, 0.717) is 6.42 Å². The molecule has 0 aliphatic carbocycles. The first kappa shape index (κ1) is 20.9. The Bertz CT molecular complexity index is 896. The smallest absolute Gasteiger partial charge is 0.323 e. The normalized spacial score (nSPS) is 12.4. The minimum Gasteiger partial charge on any atom is -0.508 e. The summed E-state index contributed by atoms with van der Waals surface area (Å²) >= 11 is 5.19. The van der Waals surface area contributed by atoms with E-state index in [1.807, 2.05) is 19.9 Å². The molecule has 2 aromatic rings. The Kier molecular flexibility index (Phi) is 7.33. The van der Waals surface area contributed by atoms with Gasteiger partial charge in [-0.1, -0.05) is 30.4 Å². The molecule has 1 heterocycles. The lowest BCUT2D eigenvalue weighted by atomic mass is 10.1. The standard InChI is InChI=1S/C21H26N2O3S/c1-4-6-15(5-2)12-22(3)10-9-17-18-11-16(24)7-8-19(18)23(13-21(25)26)20(17)14-27/h4-8,11,14,24H,9-10,12-13H2,1-3H3,(H,25,26)/b6-4-,15-5+. The highest BCUT2D eigenvalue weighted by Gasteiger charge is 2.18. The Morgan fingerprint density at radius 3 is 2.67 bits per heavy atom. The molecule has 0 fully saturated rings. The number of aromatic hydroxyl groups is 1. The number of benzene rings is 1.